The summed E-state index contributed by atoms with van der Waals surface area (Å²) in [6.45, 7) is 0. The van der Waals surface area contributed by atoms with Gasteiger partial charge < -0.3 is 15.5 Å². The maximum Gasteiger partial charge on any atom is 0.197 e. The van der Waals surface area contributed by atoms with E-state index < -0.39 is 0 Å². The lowest BCUT2D eigenvalue weighted by Crippen LogP contribution is -2.05. The second-order valence-corrected chi connectivity index (χ2v) is 5.50. The van der Waals surface area contributed by atoms with Crippen molar-refractivity contribution in [3.8, 4) is 5.75 Å². The quantitative estimate of drug-likeness (QED) is 0.561. The van der Waals surface area contributed by atoms with E-state index in [2.05, 4.69) is 20.9 Å². The molecule has 0 aliphatic heterocycles. The Morgan fingerprint density at radius 2 is 2.05 bits per heavy atom. The Morgan fingerprint density at radius 1 is 1.24 bits per heavy atom. The van der Waals surface area contributed by atoms with Crippen molar-refractivity contribution in [3.05, 3.63) is 58.2 Å². The van der Waals surface area contributed by atoms with Crippen molar-refractivity contribution in [3.63, 3.8) is 0 Å². The number of H-pyrrole nitrogens is 1. The Bertz CT molecular complexity index is 839. The van der Waals surface area contributed by atoms with Crippen molar-refractivity contribution >= 4 is 38.3 Å². The van der Waals surface area contributed by atoms with Crippen LogP contribution in [0.4, 0.5) is 5.69 Å². The molecule has 1 heterocycles. The lowest BCUT2D eigenvalue weighted by molar-refractivity contribution is 0.104. The summed E-state index contributed by atoms with van der Waals surface area (Å²) in [6, 6.07) is 10.8. The van der Waals surface area contributed by atoms with Crippen molar-refractivity contribution in [1.82, 2.24) is 4.98 Å². The largest absolute Gasteiger partial charge is 0.497 e. The van der Waals surface area contributed by atoms with E-state index in [1.807, 2.05) is 18.2 Å². The molecule has 3 N–H and O–H groups in total. The molecule has 3 aromatic rings. The fraction of sp³-hybridized carbons (Fsp3) is 0.0625. The molecule has 0 amide bonds. The maximum atomic E-state index is 12.8. The number of aromatic nitrogens is 1. The number of hydrogen-bond acceptors (Lipinski definition) is 3. The summed E-state index contributed by atoms with van der Waals surface area (Å²) in [5.41, 5.74) is 8.28. The predicted octanol–water partition coefficient (Wildman–Crippen LogP) is 3.75. The molecule has 5 heteroatoms. The summed E-state index contributed by atoms with van der Waals surface area (Å²) >= 11 is 3.49. The van der Waals surface area contributed by atoms with Gasteiger partial charge in [-0.05, 0) is 30.3 Å². The van der Waals surface area contributed by atoms with Crippen molar-refractivity contribution in [2.75, 3.05) is 12.8 Å². The molecule has 0 radical (unpaired) electrons. The van der Waals surface area contributed by atoms with Gasteiger partial charge in [0.05, 0.1) is 7.11 Å². The molecular weight excluding hydrogens is 332 g/mol. The van der Waals surface area contributed by atoms with Gasteiger partial charge in [0.15, 0.2) is 5.78 Å². The zero-order valence-corrected chi connectivity index (χ0v) is 12.9. The second-order valence-electron chi connectivity index (χ2n) is 4.65. The summed E-state index contributed by atoms with van der Waals surface area (Å²) in [6.07, 6.45) is 1.71. The van der Waals surface area contributed by atoms with Crippen LogP contribution in [0.2, 0.25) is 0 Å². The van der Waals surface area contributed by atoms with Gasteiger partial charge in [-0.15, -0.1) is 0 Å². The molecule has 0 spiro atoms. The number of fused-ring (bicyclic) bond motifs is 1. The van der Waals surface area contributed by atoms with E-state index >= 15 is 0 Å². The topological polar surface area (TPSA) is 68.1 Å². The Morgan fingerprint density at radius 3 is 2.81 bits per heavy atom. The first-order valence-corrected chi connectivity index (χ1v) is 7.15. The number of nitrogen functional groups attached to an aromatic ring is 1. The summed E-state index contributed by atoms with van der Waals surface area (Å²) in [7, 11) is 1.56. The first-order chi connectivity index (χ1) is 10.1. The first kappa shape index (κ1) is 13.7. The molecule has 0 atom stereocenters. The van der Waals surface area contributed by atoms with Crippen LogP contribution in [0.3, 0.4) is 0 Å². The maximum absolute atomic E-state index is 12.8. The summed E-state index contributed by atoms with van der Waals surface area (Å²) in [5, 5.41) is 0.852. The molecular formula is C16H13BrN2O2. The zero-order valence-electron chi connectivity index (χ0n) is 11.3. The summed E-state index contributed by atoms with van der Waals surface area (Å²) < 4.78 is 6.03. The van der Waals surface area contributed by atoms with Crippen molar-refractivity contribution in [2.45, 2.75) is 0 Å². The monoisotopic (exact) mass is 344 g/mol. The van der Waals surface area contributed by atoms with E-state index in [9.17, 15) is 4.79 Å². The molecule has 2 aromatic carbocycles. The molecule has 0 aliphatic carbocycles. The molecule has 0 saturated heterocycles. The molecule has 106 valence electrons. The molecule has 3 rings (SSSR count). The van der Waals surface area contributed by atoms with Crippen LogP contribution in [-0.4, -0.2) is 17.9 Å². The molecule has 0 aliphatic rings. The van der Waals surface area contributed by atoms with Gasteiger partial charge in [-0.25, -0.2) is 0 Å². The Labute approximate surface area is 130 Å². The lowest BCUT2D eigenvalue weighted by Gasteiger charge is -2.07. The van der Waals surface area contributed by atoms with E-state index in [-0.39, 0.29) is 5.78 Å². The molecule has 0 bridgehead atoms. The van der Waals surface area contributed by atoms with E-state index in [1.54, 1.807) is 31.5 Å². The SMILES string of the molecule is COc1ccc(N)c(C(=O)c2c[nH]c3cccc(Br)c23)c1. The number of anilines is 1. The number of hydrogen-bond donors (Lipinski definition) is 2. The third-order valence-electron chi connectivity index (χ3n) is 3.40. The fourth-order valence-electron chi connectivity index (χ4n) is 2.32. The van der Waals surface area contributed by atoms with Crippen LogP contribution in [0.1, 0.15) is 15.9 Å². The van der Waals surface area contributed by atoms with Gasteiger partial charge >= 0.3 is 0 Å². The van der Waals surface area contributed by atoms with Crippen molar-refractivity contribution in [1.29, 1.82) is 0 Å². The van der Waals surface area contributed by atoms with Crippen LogP contribution in [-0.2, 0) is 0 Å². The molecule has 21 heavy (non-hydrogen) atoms. The molecule has 0 saturated carbocycles. The standard InChI is InChI=1S/C16H13BrN2O2/c1-21-9-5-6-13(18)10(7-9)16(20)11-8-19-14-4-2-3-12(17)15(11)14/h2-8,19H,18H2,1H3. The highest BCUT2D eigenvalue weighted by molar-refractivity contribution is 9.10. The smallest absolute Gasteiger partial charge is 0.197 e. The van der Waals surface area contributed by atoms with Crippen LogP contribution in [0, 0.1) is 0 Å². The number of aromatic amines is 1. The average molecular weight is 345 g/mol. The van der Waals surface area contributed by atoms with Gasteiger partial charge in [0, 0.05) is 38.4 Å². The minimum Gasteiger partial charge on any atom is -0.497 e. The Hall–Kier alpha value is -2.27. The van der Waals surface area contributed by atoms with Gasteiger partial charge in [-0.3, -0.25) is 4.79 Å². The number of carbonyl (C=O) groups is 1. The van der Waals surface area contributed by atoms with E-state index in [0.717, 1.165) is 15.4 Å². The molecule has 0 fully saturated rings. The van der Waals surface area contributed by atoms with Crippen molar-refractivity contribution in [2.24, 2.45) is 0 Å². The van der Waals surface area contributed by atoms with Gasteiger partial charge in [0.2, 0.25) is 0 Å². The minimum absolute atomic E-state index is 0.135. The van der Waals surface area contributed by atoms with E-state index in [4.69, 9.17) is 10.5 Å². The van der Waals surface area contributed by atoms with Crippen LogP contribution in [0.15, 0.2) is 47.1 Å². The highest BCUT2D eigenvalue weighted by atomic mass is 79.9. The molecule has 4 nitrogen and oxygen atoms in total. The number of ether oxygens (including phenoxy) is 1. The fourth-order valence-corrected chi connectivity index (χ4v) is 2.90. The zero-order chi connectivity index (χ0) is 15.0. The second kappa shape index (κ2) is 5.26. The van der Waals surface area contributed by atoms with Crippen LogP contribution >= 0.6 is 15.9 Å². The number of ketones is 1. The molecule has 0 unspecified atom stereocenters. The number of methoxy groups -OCH3 is 1. The number of rotatable bonds is 3. The Balaban J connectivity index is 2.17. The highest BCUT2D eigenvalue weighted by Gasteiger charge is 2.18. The Kier molecular flexibility index (Phi) is 3.43. The third-order valence-corrected chi connectivity index (χ3v) is 4.07. The van der Waals surface area contributed by atoms with Crippen molar-refractivity contribution < 1.29 is 9.53 Å². The van der Waals surface area contributed by atoms with E-state index in [0.29, 0.717) is 22.6 Å². The average Bonchev–Trinajstić information content (AvgIpc) is 2.92. The number of nitrogens with one attached hydrogen (secondary N) is 1. The van der Waals surface area contributed by atoms with Gasteiger partial charge in [-0.2, -0.15) is 0 Å². The number of benzene rings is 2. The minimum atomic E-state index is -0.135. The highest BCUT2D eigenvalue weighted by Crippen LogP contribution is 2.30. The third kappa shape index (κ3) is 2.29. The first-order valence-electron chi connectivity index (χ1n) is 6.35. The molecule has 1 aromatic heterocycles. The van der Waals surface area contributed by atoms with Crippen LogP contribution in [0.25, 0.3) is 10.9 Å². The van der Waals surface area contributed by atoms with Crippen LogP contribution in [0.5, 0.6) is 5.75 Å². The normalized spacial score (nSPS) is 10.8. The van der Waals surface area contributed by atoms with Gasteiger partial charge in [-0.1, -0.05) is 22.0 Å². The van der Waals surface area contributed by atoms with E-state index in [1.165, 1.54) is 0 Å². The van der Waals surface area contributed by atoms with Gasteiger partial charge in [0.1, 0.15) is 5.75 Å². The predicted molar refractivity (Wildman–Crippen MR) is 86.8 cm³/mol. The van der Waals surface area contributed by atoms with Crippen LogP contribution < -0.4 is 10.5 Å². The van der Waals surface area contributed by atoms with Gasteiger partial charge in [0.25, 0.3) is 0 Å². The number of carbonyl (C=O) groups excluding carboxylic acids is 1. The summed E-state index contributed by atoms with van der Waals surface area (Å²) in [4.78, 5) is 15.9. The summed E-state index contributed by atoms with van der Waals surface area (Å²) in [5.74, 6) is 0.469. The lowest BCUT2D eigenvalue weighted by atomic mass is 10.0. The number of nitrogens with two attached hydrogens (primary N) is 1. The number of halogens is 1.